The maximum absolute atomic E-state index is 12.4. The second-order valence-corrected chi connectivity index (χ2v) is 16.2. The van der Waals surface area contributed by atoms with Gasteiger partial charge < -0.3 is 81.2 Å². The predicted octanol–water partition coefficient (Wildman–Crippen LogP) is 0.235. The highest BCUT2D eigenvalue weighted by Crippen LogP contribution is 2.38. The van der Waals surface area contributed by atoms with Crippen LogP contribution in [0.3, 0.4) is 0 Å². The van der Waals surface area contributed by atoms with Gasteiger partial charge in [0.1, 0.15) is 12.0 Å². The molecule has 18 heteroatoms. The number of carboxylic acid groups (broad SMARTS) is 2. The minimum atomic E-state index is -2.33. The minimum Gasteiger partial charge on any atom is -0.481 e. The largest absolute Gasteiger partial charge is 0.481 e. The van der Waals surface area contributed by atoms with Crippen LogP contribution < -0.4 is 5.73 Å². The van der Waals surface area contributed by atoms with Gasteiger partial charge >= 0.3 is 11.9 Å². The van der Waals surface area contributed by atoms with E-state index in [1.807, 2.05) is 49.5 Å². The van der Waals surface area contributed by atoms with Crippen molar-refractivity contribution in [2.75, 3.05) is 0 Å². The molecule has 0 radical (unpaired) electrons. The number of allylic oxidation sites excluding steroid dienone is 12. The molecule has 2 aliphatic heterocycles. The smallest absolute Gasteiger partial charge is 0.311 e. The van der Waals surface area contributed by atoms with Crippen LogP contribution in [0.15, 0.2) is 85.1 Å². The van der Waals surface area contributed by atoms with Crippen LogP contribution in [0.1, 0.15) is 72.1 Å². The van der Waals surface area contributed by atoms with Crippen molar-refractivity contribution in [1.82, 2.24) is 0 Å². The normalized spacial score (nSPS) is 31.7. The lowest BCUT2D eigenvalue weighted by Gasteiger charge is -2.45. The van der Waals surface area contributed by atoms with Crippen LogP contribution in [0.4, 0.5) is 0 Å². The molecular weight excluding hydrogens is 814 g/mol. The van der Waals surface area contributed by atoms with Crippen LogP contribution in [0, 0.1) is 11.8 Å². The Bertz CT molecular complexity index is 1550. The molecule has 0 saturated carbocycles. The molecule has 2 fully saturated rings. The van der Waals surface area contributed by atoms with E-state index in [0.29, 0.717) is 0 Å². The molecule has 17 atom stereocenters. The zero-order chi connectivity index (χ0) is 46.6. The average molecular weight is 884 g/mol. The molecule has 2 rings (SSSR count). The van der Waals surface area contributed by atoms with Crippen LogP contribution in [0.5, 0.6) is 0 Å². The lowest BCUT2D eigenvalue weighted by molar-refractivity contribution is -0.308. The summed E-state index contributed by atoms with van der Waals surface area (Å²) in [5.41, 5.74) is 6.00. The molecule has 62 heavy (non-hydrogen) atoms. The standard InChI is InChI=1S/C44H69NO17/c1-26(27(2)46)16-14-12-10-8-6-4-5-7-9-11-13-15-17-32(61-43-41(56)39(45)40(55)28(3)60-43)23-36-38(42(57)58)35(52)25-44(59,62-36)24-31(49)21-34(51)33(50)19-18-29(47)20-30(48)22-37(53)54/h4-17,26-36,38-41,43,46-52,55-56,59H,18-25,45H2,1-3H3,(H,53,54)(H,57,58)/b5-4+,8-6+,9-7+,12-10+,13-11+,16-14+,17-15+/t26-,27-,28+,29?,30?,31?,32?,33?,34?,35-,36-,38?,39-,40+,41-,43-,44?/m0/s1. The van der Waals surface area contributed by atoms with Crippen molar-refractivity contribution in [2.45, 2.75) is 164 Å². The first kappa shape index (κ1) is 54.7. The van der Waals surface area contributed by atoms with E-state index in [-0.39, 0.29) is 31.6 Å². The molecule has 0 aromatic carbocycles. The molecule has 352 valence electrons. The first-order valence-corrected chi connectivity index (χ1v) is 20.9. The van der Waals surface area contributed by atoms with Gasteiger partial charge in [-0.1, -0.05) is 92.0 Å². The van der Waals surface area contributed by atoms with E-state index in [1.165, 1.54) is 13.0 Å². The average Bonchev–Trinajstić information content (AvgIpc) is 3.16. The Balaban J connectivity index is 2.16. The van der Waals surface area contributed by atoms with Gasteiger partial charge in [0, 0.05) is 25.7 Å². The van der Waals surface area contributed by atoms with E-state index in [0.717, 1.165) is 0 Å². The number of aliphatic hydroxyl groups excluding tert-OH is 9. The third-order valence-corrected chi connectivity index (χ3v) is 10.7. The molecule has 18 nitrogen and oxygen atoms in total. The first-order valence-electron chi connectivity index (χ1n) is 20.9. The number of nitrogens with two attached hydrogens (primary N) is 1. The van der Waals surface area contributed by atoms with Crippen molar-refractivity contribution < 1.29 is 85.1 Å². The zero-order valence-electron chi connectivity index (χ0n) is 35.5. The molecule has 2 heterocycles. The number of ether oxygens (including phenoxy) is 3. The van der Waals surface area contributed by atoms with Gasteiger partial charge in [-0.2, -0.15) is 0 Å². The third kappa shape index (κ3) is 19.9. The summed E-state index contributed by atoms with van der Waals surface area (Å²) >= 11 is 0. The predicted molar refractivity (Wildman–Crippen MR) is 226 cm³/mol. The highest BCUT2D eigenvalue weighted by atomic mass is 16.7. The van der Waals surface area contributed by atoms with Gasteiger partial charge in [0.25, 0.3) is 0 Å². The topological polar surface area (TPSA) is 331 Å². The van der Waals surface area contributed by atoms with Crippen LogP contribution in [0.25, 0.3) is 0 Å². The van der Waals surface area contributed by atoms with E-state index in [9.17, 15) is 65.8 Å². The zero-order valence-corrected chi connectivity index (χ0v) is 35.5. The lowest BCUT2D eigenvalue weighted by atomic mass is 9.82. The third-order valence-electron chi connectivity index (χ3n) is 10.7. The summed E-state index contributed by atoms with van der Waals surface area (Å²) in [6, 6.07) is -1.15. The summed E-state index contributed by atoms with van der Waals surface area (Å²) in [6.45, 7) is 5.17. The Kier molecular flexibility index (Phi) is 24.4. The Morgan fingerprint density at radius 3 is 1.84 bits per heavy atom. The maximum atomic E-state index is 12.4. The summed E-state index contributed by atoms with van der Waals surface area (Å²) in [4.78, 5) is 23.2. The van der Waals surface area contributed by atoms with Crippen molar-refractivity contribution in [2.24, 2.45) is 17.6 Å². The second kappa shape index (κ2) is 27.7. The summed E-state index contributed by atoms with van der Waals surface area (Å²) < 4.78 is 17.6. The summed E-state index contributed by atoms with van der Waals surface area (Å²) in [7, 11) is 0. The number of aliphatic carboxylic acids is 2. The molecule has 8 unspecified atom stereocenters. The highest BCUT2D eigenvalue weighted by molar-refractivity contribution is 5.71. The van der Waals surface area contributed by atoms with E-state index in [2.05, 4.69) is 0 Å². The van der Waals surface area contributed by atoms with Gasteiger partial charge in [-0.3, -0.25) is 9.59 Å². The summed E-state index contributed by atoms with van der Waals surface area (Å²) in [5, 5.41) is 124. The highest BCUT2D eigenvalue weighted by Gasteiger charge is 2.51. The molecule has 0 aliphatic carbocycles. The lowest BCUT2D eigenvalue weighted by Crippen LogP contribution is -2.61. The molecule has 14 N–H and O–H groups in total. The van der Waals surface area contributed by atoms with Gasteiger partial charge in [-0.05, 0) is 39.0 Å². The number of rotatable bonds is 26. The van der Waals surface area contributed by atoms with Gasteiger partial charge in [0.2, 0.25) is 0 Å². The molecule has 2 saturated heterocycles. The minimum absolute atomic E-state index is 0.0476. The van der Waals surface area contributed by atoms with Crippen molar-refractivity contribution in [3.05, 3.63) is 85.1 Å². The van der Waals surface area contributed by atoms with E-state index in [4.69, 9.17) is 25.1 Å². The van der Waals surface area contributed by atoms with Crippen LogP contribution in [-0.2, 0) is 23.8 Å². The molecule has 0 amide bonds. The van der Waals surface area contributed by atoms with Crippen molar-refractivity contribution in [3.63, 3.8) is 0 Å². The quantitative estimate of drug-likeness (QED) is 0.0517. The van der Waals surface area contributed by atoms with E-state index >= 15 is 0 Å². The fraction of sp³-hybridized carbons (Fsp3) is 0.636. The fourth-order valence-electron chi connectivity index (χ4n) is 6.91. The number of carbonyl (C=O) groups is 2. The Hall–Kier alpha value is -3.44. The molecular formula is C44H69NO17. The molecule has 0 spiro atoms. The van der Waals surface area contributed by atoms with Gasteiger partial charge in [0.05, 0.1) is 79.6 Å². The summed E-state index contributed by atoms with van der Waals surface area (Å²) in [6.07, 6.45) is 4.65. The maximum Gasteiger partial charge on any atom is 0.311 e. The SMILES string of the molecule is C[C@H](O)[C@@H](C)/C=C/C=C/C=C/C=C/C=C/C=C/C=C/C(C[C@@H]1OC(O)(CC(O)CC(O)C(O)CCC(O)CC(O)CC(=O)O)C[C@H](O)C1C(=O)O)O[C@@H]1O[C@H](C)[C@@H](O)[C@H](N)[C@@H]1O. The van der Waals surface area contributed by atoms with Gasteiger partial charge in [0.15, 0.2) is 12.1 Å². The van der Waals surface area contributed by atoms with E-state index < -0.39 is 135 Å². The van der Waals surface area contributed by atoms with Crippen LogP contribution >= 0.6 is 0 Å². The molecule has 0 aromatic heterocycles. The molecule has 0 bridgehead atoms. The number of carboxylic acids is 2. The monoisotopic (exact) mass is 883 g/mol. The number of aliphatic hydroxyl groups is 10. The fourth-order valence-corrected chi connectivity index (χ4v) is 6.91. The van der Waals surface area contributed by atoms with Gasteiger partial charge in [-0.25, -0.2) is 0 Å². The Labute approximate surface area is 362 Å². The Morgan fingerprint density at radius 2 is 1.31 bits per heavy atom. The first-order chi connectivity index (χ1) is 29.1. The summed E-state index contributed by atoms with van der Waals surface area (Å²) in [5.74, 6) is -6.59. The van der Waals surface area contributed by atoms with E-state index in [1.54, 1.807) is 43.4 Å². The van der Waals surface area contributed by atoms with Crippen LogP contribution in [-0.4, -0.2) is 165 Å². The molecule has 2 aliphatic rings. The number of hydrogen-bond donors (Lipinski definition) is 13. The van der Waals surface area contributed by atoms with Gasteiger partial charge in [-0.15, -0.1) is 0 Å². The van der Waals surface area contributed by atoms with Crippen molar-refractivity contribution in [1.29, 1.82) is 0 Å². The number of hydrogen-bond acceptors (Lipinski definition) is 16. The Morgan fingerprint density at radius 1 is 0.758 bits per heavy atom. The molecule has 0 aromatic rings. The van der Waals surface area contributed by atoms with Crippen molar-refractivity contribution in [3.8, 4) is 0 Å². The van der Waals surface area contributed by atoms with Crippen molar-refractivity contribution >= 4 is 11.9 Å². The second-order valence-electron chi connectivity index (χ2n) is 16.2. The van der Waals surface area contributed by atoms with Crippen LogP contribution in [0.2, 0.25) is 0 Å².